The van der Waals surface area contributed by atoms with Crippen LogP contribution in [0.3, 0.4) is 0 Å². The summed E-state index contributed by atoms with van der Waals surface area (Å²) in [5.41, 5.74) is 0.891. The molecule has 0 saturated heterocycles. The Labute approximate surface area is 67.9 Å². The molecule has 0 bridgehead atoms. The van der Waals surface area contributed by atoms with Crippen molar-refractivity contribution in [3.8, 4) is 0 Å². The van der Waals surface area contributed by atoms with Crippen LogP contribution in [0.1, 0.15) is 5.56 Å². The average molecular weight is 177 g/mol. The molecule has 0 amide bonds. The third-order valence-electron chi connectivity index (χ3n) is 1.02. The second kappa shape index (κ2) is 3.17. The summed E-state index contributed by atoms with van der Waals surface area (Å²) in [4.78, 5) is 0. The molecule has 0 radical (unpaired) electrons. The Morgan fingerprint density at radius 3 is 2.90 bits per heavy atom. The first kappa shape index (κ1) is 7.76. The summed E-state index contributed by atoms with van der Waals surface area (Å²) < 4.78 is 12.9. The van der Waals surface area contributed by atoms with Gasteiger partial charge in [0.05, 0.1) is 10.2 Å². The monoisotopic (exact) mass is 176 g/mol. The maximum absolute atomic E-state index is 12.2. The quantitative estimate of drug-likeness (QED) is 0.648. The Balaban J connectivity index is 2.67. The topological polar surface area (TPSA) is 0 Å². The molecule has 0 nitrogen and oxygen atoms in total. The minimum Gasteiger partial charge on any atom is -0.212 e. The van der Waals surface area contributed by atoms with Crippen molar-refractivity contribution in [1.82, 2.24) is 0 Å². The highest BCUT2D eigenvalue weighted by atomic mass is 35.5. The molecule has 10 heavy (non-hydrogen) atoms. The third-order valence-corrected chi connectivity index (χ3v) is 2.16. The van der Waals surface area contributed by atoms with Crippen molar-refractivity contribution < 1.29 is 4.39 Å². The minimum absolute atomic E-state index is 0.281. The van der Waals surface area contributed by atoms with Crippen molar-refractivity contribution in [2.24, 2.45) is 0 Å². The van der Waals surface area contributed by atoms with E-state index in [1.54, 1.807) is 6.07 Å². The number of thiophene rings is 1. The second-order valence-electron chi connectivity index (χ2n) is 1.95. The molecule has 0 unspecified atom stereocenters. The molecular weight excluding hydrogens is 171 g/mol. The predicted octanol–water partition coefficient (Wildman–Crippen LogP) is 3.43. The molecule has 0 atom stereocenters. The molecular formula is C7H6ClFS. The summed E-state index contributed by atoms with van der Waals surface area (Å²) in [6.45, 7) is 3.15. The summed E-state index contributed by atoms with van der Waals surface area (Å²) >= 11 is 7.01. The molecule has 0 N–H and O–H groups in total. The lowest BCUT2D eigenvalue weighted by molar-refractivity contribution is 0.617. The van der Waals surface area contributed by atoms with Crippen LogP contribution in [0.15, 0.2) is 23.9 Å². The molecule has 1 aromatic rings. The van der Waals surface area contributed by atoms with E-state index in [1.807, 2.05) is 5.38 Å². The lowest BCUT2D eigenvalue weighted by Crippen LogP contribution is -1.77. The van der Waals surface area contributed by atoms with Crippen molar-refractivity contribution >= 4 is 22.9 Å². The van der Waals surface area contributed by atoms with Gasteiger partial charge in [-0.2, -0.15) is 0 Å². The van der Waals surface area contributed by atoms with Gasteiger partial charge in [0.1, 0.15) is 0 Å². The van der Waals surface area contributed by atoms with Gasteiger partial charge in [0.25, 0.3) is 0 Å². The number of rotatable bonds is 2. The van der Waals surface area contributed by atoms with Gasteiger partial charge in [0, 0.05) is 6.42 Å². The number of hydrogen-bond acceptors (Lipinski definition) is 1. The summed E-state index contributed by atoms with van der Waals surface area (Å²) in [7, 11) is 0. The molecule has 54 valence electrons. The zero-order chi connectivity index (χ0) is 7.56. The first-order valence-electron chi connectivity index (χ1n) is 2.74. The molecule has 1 rings (SSSR count). The number of hydrogen-bond donors (Lipinski definition) is 0. The molecule has 3 heteroatoms. The van der Waals surface area contributed by atoms with Gasteiger partial charge in [-0.05, 0) is 17.0 Å². The van der Waals surface area contributed by atoms with Crippen LogP contribution in [0.4, 0.5) is 4.39 Å². The van der Waals surface area contributed by atoms with Crippen LogP contribution in [-0.4, -0.2) is 0 Å². The number of allylic oxidation sites excluding steroid dienone is 1. The molecule has 1 aromatic heterocycles. The molecule has 0 aliphatic carbocycles. The van der Waals surface area contributed by atoms with E-state index in [1.165, 1.54) is 11.3 Å². The van der Waals surface area contributed by atoms with E-state index in [0.29, 0.717) is 4.34 Å². The molecule has 0 aliphatic heterocycles. The van der Waals surface area contributed by atoms with E-state index in [0.717, 1.165) is 5.56 Å². The lowest BCUT2D eigenvalue weighted by Gasteiger charge is -1.88. The zero-order valence-corrected chi connectivity index (χ0v) is 6.81. The molecule has 0 fully saturated rings. The molecule has 0 saturated carbocycles. The van der Waals surface area contributed by atoms with Gasteiger partial charge in [0.2, 0.25) is 0 Å². The fraction of sp³-hybridized carbons (Fsp3) is 0.143. The van der Waals surface area contributed by atoms with Gasteiger partial charge in [-0.15, -0.1) is 11.3 Å². The first-order chi connectivity index (χ1) is 4.68. The Morgan fingerprint density at radius 1 is 1.80 bits per heavy atom. The molecule has 0 spiro atoms. The fourth-order valence-electron chi connectivity index (χ4n) is 0.660. The Hall–Kier alpha value is -0.340. The van der Waals surface area contributed by atoms with Crippen LogP contribution in [0.25, 0.3) is 0 Å². The standard InChI is InChI=1S/C7H6ClFS/c1-5(9)2-6-3-7(8)10-4-6/h3-4H,1-2H2. The predicted molar refractivity (Wildman–Crippen MR) is 43.3 cm³/mol. The van der Waals surface area contributed by atoms with Crippen molar-refractivity contribution in [3.05, 3.63) is 33.8 Å². The third kappa shape index (κ3) is 2.12. The Bertz CT molecular complexity index is 242. The van der Waals surface area contributed by atoms with E-state index >= 15 is 0 Å². The van der Waals surface area contributed by atoms with E-state index in [2.05, 4.69) is 6.58 Å². The first-order valence-corrected chi connectivity index (χ1v) is 4.00. The van der Waals surface area contributed by atoms with E-state index in [9.17, 15) is 4.39 Å². The van der Waals surface area contributed by atoms with Gasteiger partial charge in [-0.25, -0.2) is 4.39 Å². The van der Waals surface area contributed by atoms with Gasteiger partial charge >= 0.3 is 0 Å². The Morgan fingerprint density at radius 2 is 2.50 bits per heavy atom. The largest absolute Gasteiger partial charge is 0.212 e. The fourth-order valence-corrected chi connectivity index (χ4v) is 1.57. The summed E-state index contributed by atoms with van der Waals surface area (Å²) in [6.07, 6.45) is 0.281. The van der Waals surface area contributed by atoms with E-state index in [-0.39, 0.29) is 12.2 Å². The van der Waals surface area contributed by atoms with Crippen molar-refractivity contribution in [1.29, 1.82) is 0 Å². The van der Waals surface area contributed by atoms with Crippen LogP contribution in [0.5, 0.6) is 0 Å². The maximum atomic E-state index is 12.2. The molecule has 0 aromatic carbocycles. The molecule has 1 heterocycles. The molecule has 0 aliphatic rings. The van der Waals surface area contributed by atoms with Gasteiger partial charge in [-0.3, -0.25) is 0 Å². The van der Waals surface area contributed by atoms with Crippen molar-refractivity contribution in [2.75, 3.05) is 0 Å². The summed E-state index contributed by atoms with van der Waals surface area (Å²) in [6, 6.07) is 1.75. The summed E-state index contributed by atoms with van der Waals surface area (Å²) in [5.74, 6) is -0.325. The van der Waals surface area contributed by atoms with Crippen LogP contribution in [-0.2, 0) is 6.42 Å². The van der Waals surface area contributed by atoms with Crippen LogP contribution in [0.2, 0.25) is 4.34 Å². The van der Waals surface area contributed by atoms with Crippen molar-refractivity contribution in [2.45, 2.75) is 6.42 Å². The normalized spacial score (nSPS) is 9.80. The zero-order valence-electron chi connectivity index (χ0n) is 5.23. The second-order valence-corrected chi connectivity index (χ2v) is 3.50. The smallest absolute Gasteiger partial charge is 0.0972 e. The van der Waals surface area contributed by atoms with E-state index < -0.39 is 0 Å². The maximum Gasteiger partial charge on any atom is 0.0972 e. The highest BCUT2D eigenvalue weighted by Crippen LogP contribution is 2.21. The number of halogens is 2. The van der Waals surface area contributed by atoms with Gasteiger partial charge in [0.15, 0.2) is 0 Å². The van der Waals surface area contributed by atoms with Crippen LogP contribution in [0, 0.1) is 0 Å². The van der Waals surface area contributed by atoms with Gasteiger partial charge in [-0.1, -0.05) is 18.2 Å². The van der Waals surface area contributed by atoms with E-state index in [4.69, 9.17) is 11.6 Å². The SMILES string of the molecule is C=C(F)Cc1csc(Cl)c1. The average Bonchev–Trinajstić information content (AvgIpc) is 2.13. The van der Waals surface area contributed by atoms with Gasteiger partial charge < -0.3 is 0 Å². The lowest BCUT2D eigenvalue weighted by atomic mass is 10.2. The van der Waals surface area contributed by atoms with Crippen molar-refractivity contribution in [3.63, 3.8) is 0 Å². The van der Waals surface area contributed by atoms with Crippen LogP contribution < -0.4 is 0 Å². The highest BCUT2D eigenvalue weighted by molar-refractivity contribution is 7.14. The highest BCUT2D eigenvalue weighted by Gasteiger charge is 1.98. The summed E-state index contributed by atoms with van der Waals surface area (Å²) in [5, 5.41) is 1.83. The minimum atomic E-state index is -0.325. The van der Waals surface area contributed by atoms with Crippen LogP contribution >= 0.6 is 22.9 Å². The Kier molecular flexibility index (Phi) is 2.46.